The van der Waals surface area contributed by atoms with Crippen molar-refractivity contribution in [2.75, 3.05) is 24.7 Å². The molecule has 0 aliphatic carbocycles. The van der Waals surface area contributed by atoms with E-state index in [1.54, 1.807) is 35.2 Å². The maximum atomic E-state index is 14.4. The largest absolute Gasteiger partial charge is 0.461 e. The van der Waals surface area contributed by atoms with Crippen LogP contribution in [0.25, 0.3) is 0 Å². The number of carbonyl (C=O) groups excluding carboxylic acids is 3. The highest BCUT2D eigenvalue weighted by Crippen LogP contribution is 2.59. The van der Waals surface area contributed by atoms with Crippen molar-refractivity contribution in [1.29, 1.82) is 0 Å². The molecule has 1 aromatic carbocycles. The first-order valence-corrected chi connectivity index (χ1v) is 13.1. The number of carbonyl (C=O) groups is 3. The zero-order valence-corrected chi connectivity index (χ0v) is 22.1. The van der Waals surface area contributed by atoms with Gasteiger partial charge >= 0.3 is 5.97 Å². The Morgan fingerprint density at radius 2 is 2.00 bits per heavy atom. The first-order valence-electron chi connectivity index (χ1n) is 12.8. The lowest BCUT2D eigenvalue weighted by Gasteiger charge is -2.39. The van der Waals surface area contributed by atoms with E-state index in [1.165, 1.54) is 11.0 Å². The normalized spacial score (nSPS) is 28.8. The van der Waals surface area contributed by atoms with E-state index in [4.69, 9.17) is 21.1 Å². The van der Waals surface area contributed by atoms with E-state index in [2.05, 4.69) is 13.2 Å². The summed E-state index contributed by atoms with van der Waals surface area (Å²) in [6.07, 6.45) is 4.06. The zero-order chi connectivity index (χ0) is 26.9. The molecule has 2 bridgehead atoms. The van der Waals surface area contributed by atoms with Gasteiger partial charge in [0, 0.05) is 17.3 Å². The number of aliphatic hydroxyl groups excluding tert-OH is 1. The Morgan fingerprint density at radius 1 is 1.30 bits per heavy atom. The van der Waals surface area contributed by atoms with Crippen LogP contribution in [0.3, 0.4) is 0 Å². The van der Waals surface area contributed by atoms with Gasteiger partial charge in [0.15, 0.2) is 0 Å². The standard InChI is InChI=1S/C28H35ClN2O6/c1-5-13-30(19-9-7-18(29)8-10-19)26(34)24-28-12-11-21(37-28)22(27(35)36-14-6-2)23(28)25(33)31(24)20(16-32)15-17(3)4/h5-10,17,20-24,32H,1-2,11-16H2,3-4H3/t20-,21+,22-,23+,24?,28?/m1/s1. The SMILES string of the molecule is C=CCOC(=O)[C@@H]1[C@@H]2CCC3(O2)C(C(=O)N(CC=C)c2ccc(Cl)cc2)N([C@@H](CO)CC(C)C)C(=O)[C@H]13. The number of benzene rings is 1. The minimum Gasteiger partial charge on any atom is -0.461 e. The van der Waals surface area contributed by atoms with Crippen LogP contribution < -0.4 is 4.90 Å². The molecule has 9 heteroatoms. The summed E-state index contributed by atoms with van der Waals surface area (Å²) in [6.45, 7) is 11.3. The molecule has 1 N–H and O–H groups in total. The Morgan fingerprint density at radius 3 is 2.59 bits per heavy atom. The summed E-state index contributed by atoms with van der Waals surface area (Å²) in [5.74, 6) is -2.75. The molecule has 3 aliphatic rings. The van der Waals surface area contributed by atoms with Gasteiger partial charge in [-0.05, 0) is 49.4 Å². The van der Waals surface area contributed by atoms with E-state index in [-0.39, 0.29) is 37.5 Å². The van der Waals surface area contributed by atoms with E-state index in [0.29, 0.717) is 30.0 Å². The second-order valence-corrected chi connectivity index (χ2v) is 10.8. The Kier molecular flexibility index (Phi) is 8.11. The van der Waals surface area contributed by atoms with Gasteiger partial charge in [0.05, 0.1) is 30.6 Å². The molecule has 3 aliphatic heterocycles. The Hall–Kier alpha value is -2.68. The van der Waals surface area contributed by atoms with E-state index >= 15 is 0 Å². The zero-order valence-electron chi connectivity index (χ0n) is 21.3. The second-order valence-electron chi connectivity index (χ2n) is 10.4. The van der Waals surface area contributed by atoms with Crippen molar-refractivity contribution in [1.82, 2.24) is 4.90 Å². The summed E-state index contributed by atoms with van der Waals surface area (Å²) in [6, 6.07) is 5.23. The Labute approximate surface area is 222 Å². The lowest BCUT2D eigenvalue weighted by molar-refractivity contribution is -0.155. The summed E-state index contributed by atoms with van der Waals surface area (Å²) in [4.78, 5) is 44.7. The Balaban J connectivity index is 1.80. The van der Waals surface area contributed by atoms with Crippen molar-refractivity contribution >= 4 is 35.1 Å². The number of amides is 2. The van der Waals surface area contributed by atoms with E-state index in [9.17, 15) is 19.5 Å². The van der Waals surface area contributed by atoms with Gasteiger partial charge in [0.2, 0.25) is 5.91 Å². The van der Waals surface area contributed by atoms with E-state index in [0.717, 1.165) is 0 Å². The number of hydrogen-bond acceptors (Lipinski definition) is 6. The molecule has 0 radical (unpaired) electrons. The van der Waals surface area contributed by atoms with E-state index < -0.39 is 41.6 Å². The van der Waals surface area contributed by atoms with Crippen LogP contribution in [0.2, 0.25) is 5.02 Å². The fourth-order valence-corrected chi connectivity index (χ4v) is 6.44. The van der Waals surface area contributed by atoms with Crippen molar-refractivity contribution in [3.05, 3.63) is 54.6 Å². The molecule has 1 spiro atoms. The van der Waals surface area contributed by atoms with Crippen molar-refractivity contribution in [2.24, 2.45) is 17.8 Å². The van der Waals surface area contributed by atoms with Crippen LogP contribution >= 0.6 is 11.6 Å². The summed E-state index contributed by atoms with van der Waals surface area (Å²) < 4.78 is 11.8. The van der Waals surface area contributed by atoms with Crippen molar-refractivity contribution in [3.8, 4) is 0 Å². The average molecular weight is 531 g/mol. The summed E-state index contributed by atoms with van der Waals surface area (Å²) in [5, 5.41) is 10.9. The lowest BCUT2D eigenvalue weighted by Crippen LogP contribution is -2.59. The van der Waals surface area contributed by atoms with Gasteiger partial charge in [-0.1, -0.05) is 44.2 Å². The van der Waals surface area contributed by atoms with Gasteiger partial charge in [-0.3, -0.25) is 14.4 Å². The number of anilines is 1. The quantitative estimate of drug-likeness (QED) is 0.348. The van der Waals surface area contributed by atoms with Crippen LogP contribution in [0.15, 0.2) is 49.6 Å². The number of nitrogens with zero attached hydrogens (tertiary/aromatic N) is 2. The molecular formula is C28H35ClN2O6. The number of fused-ring (bicyclic) bond motifs is 1. The predicted molar refractivity (Wildman–Crippen MR) is 140 cm³/mol. The lowest BCUT2D eigenvalue weighted by atomic mass is 9.70. The number of rotatable bonds is 11. The molecule has 200 valence electrons. The van der Waals surface area contributed by atoms with Crippen LogP contribution in [0, 0.1) is 17.8 Å². The molecule has 0 aromatic heterocycles. The van der Waals surface area contributed by atoms with Crippen LogP contribution in [0.5, 0.6) is 0 Å². The predicted octanol–water partition coefficient (Wildman–Crippen LogP) is 3.37. The summed E-state index contributed by atoms with van der Waals surface area (Å²) >= 11 is 6.08. The highest BCUT2D eigenvalue weighted by atomic mass is 35.5. The minimum atomic E-state index is -1.19. The summed E-state index contributed by atoms with van der Waals surface area (Å²) in [7, 11) is 0. The van der Waals surface area contributed by atoms with Crippen LogP contribution in [-0.4, -0.2) is 71.3 Å². The first kappa shape index (κ1) is 27.4. The molecule has 3 fully saturated rings. The second kappa shape index (κ2) is 11.0. The van der Waals surface area contributed by atoms with Crippen molar-refractivity contribution < 1.29 is 29.0 Å². The maximum absolute atomic E-state index is 14.4. The monoisotopic (exact) mass is 530 g/mol. The third-order valence-corrected chi connectivity index (χ3v) is 7.90. The third-order valence-electron chi connectivity index (χ3n) is 7.65. The summed E-state index contributed by atoms with van der Waals surface area (Å²) in [5.41, 5.74) is -0.590. The Bertz CT molecular complexity index is 1060. The smallest absolute Gasteiger partial charge is 0.312 e. The fraction of sp³-hybridized carbons (Fsp3) is 0.536. The number of ether oxygens (including phenoxy) is 2. The van der Waals surface area contributed by atoms with Crippen LogP contribution in [-0.2, 0) is 23.9 Å². The third kappa shape index (κ3) is 4.71. The molecule has 4 rings (SSSR count). The van der Waals surface area contributed by atoms with Gasteiger partial charge in [0.1, 0.15) is 18.2 Å². The molecule has 6 atom stereocenters. The van der Waals surface area contributed by atoms with Gasteiger partial charge < -0.3 is 24.4 Å². The molecular weight excluding hydrogens is 496 g/mol. The highest BCUT2D eigenvalue weighted by molar-refractivity contribution is 6.30. The van der Waals surface area contributed by atoms with E-state index in [1.807, 2.05) is 13.8 Å². The van der Waals surface area contributed by atoms with Gasteiger partial charge in [-0.15, -0.1) is 6.58 Å². The number of esters is 1. The number of likely N-dealkylation sites (tertiary alicyclic amines) is 1. The average Bonchev–Trinajstić information content (AvgIpc) is 3.52. The van der Waals surface area contributed by atoms with Crippen LogP contribution in [0.4, 0.5) is 5.69 Å². The van der Waals surface area contributed by atoms with Crippen molar-refractivity contribution in [2.45, 2.75) is 56.9 Å². The minimum absolute atomic E-state index is 0.0261. The van der Waals surface area contributed by atoms with Gasteiger partial charge in [-0.2, -0.15) is 0 Å². The van der Waals surface area contributed by atoms with Crippen molar-refractivity contribution in [3.63, 3.8) is 0 Å². The molecule has 0 saturated carbocycles. The van der Waals surface area contributed by atoms with Crippen LogP contribution in [0.1, 0.15) is 33.1 Å². The highest BCUT2D eigenvalue weighted by Gasteiger charge is 2.75. The maximum Gasteiger partial charge on any atom is 0.312 e. The van der Waals surface area contributed by atoms with Gasteiger partial charge in [-0.25, -0.2) is 0 Å². The molecule has 1 aromatic rings. The molecule has 37 heavy (non-hydrogen) atoms. The van der Waals surface area contributed by atoms with Gasteiger partial charge in [0.25, 0.3) is 5.91 Å². The molecule has 2 amide bonds. The fourth-order valence-electron chi connectivity index (χ4n) is 6.31. The molecule has 8 nitrogen and oxygen atoms in total. The molecule has 3 saturated heterocycles. The topological polar surface area (TPSA) is 96.4 Å². The molecule has 2 unspecified atom stereocenters. The number of aliphatic hydroxyl groups is 1. The number of hydrogen-bond donors (Lipinski definition) is 1. The molecule has 3 heterocycles. The number of halogens is 1. The first-order chi connectivity index (χ1) is 17.7.